The van der Waals surface area contributed by atoms with Gasteiger partial charge in [0.15, 0.2) is 5.78 Å². The van der Waals surface area contributed by atoms with Crippen LogP contribution in [0.3, 0.4) is 0 Å². The number of hydrogen-bond acceptors (Lipinski definition) is 6. The van der Waals surface area contributed by atoms with Gasteiger partial charge >= 0.3 is 0 Å². The summed E-state index contributed by atoms with van der Waals surface area (Å²) in [6.45, 7) is 6.98. The number of nitrogens with one attached hydrogen (secondary N) is 1. The van der Waals surface area contributed by atoms with Crippen molar-refractivity contribution in [3.63, 3.8) is 0 Å². The van der Waals surface area contributed by atoms with E-state index in [4.69, 9.17) is 9.15 Å². The second-order valence-electron chi connectivity index (χ2n) is 8.33. The molecule has 0 aliphatic heterocycles. The largest absolute Gasteiger partial charge is 0.497 e. The third-order valence-corrected chi connectivity index (χ3v) is 5.68. The summed E-state index contributed by atoms with van der Waals surface area (Å²) in [7, 11) is 1.54. The number of aryl methyl sites for hydroxylation is 1. The lowest BCUT2D eigenvalue weighted by Gasteiger charge is -2.13. The Morgan fingerprint density at radius 3 is 2.59 bits per heavy atom. The normalized spacial score (nSPS) is 12.8. The molecule has 0 radical (unpaired) electrons. The van der Waals surface area contributed by atoms with Crippen LogP contribution in [0.15, 0.2) is 45.6 Å². The Balaban J connectivity index is 2.01. The van der Waals surface area contributed by atoms with Crippen LogP contribution >= 0.6 is 11.3 Å². The number of ketones is 1. The maximum atomic E-state index is 13.1. The first-order chi connectivity index (χ1) is 15.1. The van der Waals surface area contributed by atoms with Crippen LogP contribution < -0.4 is 24.8 Å². The SMILES string of the molecule is COc1cccc(NC(=O)Cn2c(=CC(=O)C(C)(C)C)sc(=Cc3ccc(C)o3)c2=O)c1. The standard InChI is InChI=1S/C24H26N2O5S/c1-15-9-10-18(31-15)12-19-23(29)26(22(32-19)13-20(27)24(2,3)4)14-21(28)25-16-7-6-8-17(11-16)30-5/h6-13H,14H2,1-5H3,(H,25,28). The molecule has 7 nitrogen and oxygen atoms in total. The van der Waals surface area contributed by atoms with Crippen molar-refractivity contribution in [3.8, 4) is 5.75 Å². The van der Waals surface area contributed by atoms with Gasteiger partial charge in [-0.2, -0.15) is 0 Å². The van der Waals surface area contributed by atoms with Crippen molar-refractivity contribution < 1.29 is 18.7 Å². The van der Waals surface area contributed by atoms with E-state index in [1.807, 2.05) is 6.92 Å². The molecule has 1 aromatic carbocycles. The highest BCUT2D eigenvalue weighted by molar-refractivity contribution is 7.07. The average Bonchev–Trinajstić information content (AvgIpc) is 3.25. The zero-order valence-corrected chi connectivity index (χ0v) is 19.5. The third kappa shape index (κ3) is 5.64. The molecule has 2 heterocycles. The summed E-state index contributed by atoms with van der Waals surface area (Å²) in [5.74, 6) is 1.33. The summed E-state index contributed by atoms with van der Waals surface area (Å²) in [5.41, 5.74) is -0.431. The number of Topliss-reactive ketones (excluding diaryl/α,β-unsaturated/α-hetero) is 1. The van der Waals surface area contributed by atoms with Crippen molar-refractivity contribution >= 4 is 40.9 Å². The van der Waals surface area contributed by atoms with Crippen LogP contribution in [0, 0.1) is 12.3 Å². The second kappa shape index (κ2) is 9.40. The molecular formula is C24H26N2O5S. The van der Waals surface area contributed by atoms with E-state index in [0.717, 1.165) is 17.1 Å². The minimum atomic E-state index is -0.615. The number of ether oxygens (including phenoxy) is 1. The van der Waals surface area contributed by atoms with Crippen molar-refractivity contribution in [2.24, 2.45) is 5.41 Å². The van der Waals surface area contributed by atoms with Gasteiger partial charge in [-0.3, -0.25) is 19.0 Å². The van der Waals surface area contributed by atoms with E-state index in [0.29, 0.717) is 26.4 Å². The van der Waals surface area contributed by atoms with Crippen LogP contribution in [-0.4, -0.2) is 23.4 Å². The maximum Gasteiger partial charge on any atom is 0.269 e. The number of rotatable bonds is 6. The van der Waals surface area contributed by atoms with Gasteiger partial charge in [0.1, 0.15) is 28.5 Å². The Morgan fingerprint density at radius 1 is 1.22 bits per heavy atom. The quantitative estimate of drug-likeness (QED) is 0.619. The number of nitrogens with zero attached hydrogens (tertiary/aromatic N) is 1. The molecule has 0 saturated carbocycles. The van der Waals surface area contributed by atoms with Crippen molar-refractivity contribution in [1.82, 2.24) is 4.57 Å². The molecule has 0 unspecified atom stereocenters. The number of hydrogen-bond donors (Lipinski definition) is 1. The predicted octanol–water partition coefficient (Wildman–Crippen LogP) is 2.68. The number of benzene rings is 1. The van der Waals surface area contributed by atoms with Gasteiger partial charge in [0.25, 0.3) is 5.56 Å². The first-order valence-corrected chi connectivity index (χ1v) is 10.9. The molecule has 0 saturated heterocycles. The van der Waals surface area contributed by atoms with E-state index < -0.39 is 11.3 Å². The molecule has 168 valence electrons. The number of aromatic nitrogens is 1. The monoisotopic (exact) mass is 454 g/mol. The molecule has 32 heavy (non-hydrogen) atoms. The van der Waals surface area contributed by atoms with Crippen molar-refractivity contribution in [2.45, 2.75) is 34.2 Å². The molecule has 1 N–H and O–H groups in total. The van der Waals surface area contributed by atoms with Gasteiger partial charge in [-0.05, 0) is 31.2 Å². The number of thiazole rings is 1. The van der Waals surface area contributed by atoms with E-state index >= 15 is 0 Å². The predicted molar refractivity (Wildman–Crippen MR) is 125 cm³/mol. The molecule has 2 aromatic heterocycles. The van der Waals surface area contributed by atoms with Crippen molar-refractivity contribution in [1.29, 1.82) is 0 Å². The second-order valence-corrected chi connectivity index (χ2v) is 9.39. The molecular weight excluding hydrogens is 428 g/mol. The molecule has 0 atom stereocenters. The summed E-state index contributed by atoms with van der Waals surface area (Å²) in [5, 5.41) is 2.76. The number of carbonyl (C=O) groups excluding carboxylic acids is 2. The molecule has 0 bridgehead atoms. The zero-order chi connectivity index (χ0) is 23.5. The minimum Gasteiger partial charge on any atom is -0.497 e. The lowest BCUT2D eigenvalue weighted by molar-refractivity contribution is -0.120. The van der Waals surface area contributed by atoms with Crippen LogP contribution in [0.5, 0.6) is 5.75 Å². The lowest BCUT2D eigenvalue weighted by Crippen LogP contribution is -2.36. The average molecular weight is 455 g/mol. The van der Waals surface area contributed by atoms with E-state index in [9.17, 15) is 14.4 Å². The first-order valence-electron chi connectivity index (χ1n) is 10.0. The third-order valence-electron chi connectivity index (χ3n) is 4.62. The molecule has 0 spiro atoms. The van der Waals surface area contributed by atoms with Crippen LogP contribution in [0.4, 0.5) is 5.69 Å². The van der Waals surface area contributed by atoms with Gasteiger partial charge < -0.3 is 14.5 Å². The Kier molecular flexibility index (Phi) is 6.84. The summed E-state index contributed by atoms with van der Waals surface area (Å²) in [4.78, 5) is 38.4. The Bertz CT molecular complexity index is 1320. The van der Waals surface area contributed by atoms with Crippen LogP contribution in [-0.2, 0) is 16.1 Å². The van der Waals surface area contributed by atoms with Gasteiger partial charge in [0.05, 0.1) is 11.6 Å². The number of methoxy groups -OCH3 is 1. The van der Waals surface area contributed by atoms with Crippen molar-refractivity contribution in [2.75, 3.05) is 12.4 Å². The number of amides is 1. The molecule has 0 aliphatic rings. The lowest BCUT2D eigenvalue weighted by atomic mass is 9.91. The first kappa shape index (κ1) is 23.3. The van der Waals surface area contributed by atoms with Gasteiger partial charge in [0, 0.05) is 29.3 Å². The molecule has 0 aliphatic carbocycles. The molecule has 3 aromatic rings. The van der Waals surface area contributed by atoms with Crippen LogP contribution in [0.25, 0.3) is 12.2 Å². The van der Waals surface area contributed by atoms with Gasteiger partial charge in [-0.15, -0.1) is 11.3 Å². The van der Waals surface area contributed by atoms with Crippen LogP contribution in [0.1, 0.15) is 32.3 Å². The van der Waals surface area contributed by atoms with Gasteiger partial charge in [-0.25, -0.2) is 0 Å². The van der Waals surface area contributed by atoms with Gasteiger partial charge in [-0.1, -0.05) is 26.8 Å². The maximum absolute atomic E-state index is 13.1. The molecule has 8 heteroatoms. The minimum absolute atomic E-state index is 0.138. The van der Waals surface area contributed by atoms with E-state index in [1.165, 1.54) is 10.6 Å². The van der Waals surface area contributed by atoms with E-state index in [-0.39, 0.29) is 17.9 Å². The summed E-state index contributed by atoms with van der Waals surface area (Å²) in [6, 6.07) is 10.5. The highest BCUT2D eigenvalue weighted by Crippen LogP contribution is 2.17. The summed E-state index contributed by atoms with van der Waals surface area (Å²) in [6.07, 6.45) is 3.05. The Hall–Kier alpha value is -3.39. The van der Waals surface area contributed by atoms with E-state index in [2.05, 4.69) is 5.32 Å². The highest BCUT2D eigenvalue weighted by Gasteiger charge is 2.20. The fourth-order valence-corrected chi connectivity index (χ4v) is 3.85. The van der Waals surface area contributed by atoms with E-state index in [1.54, 1.807) is 70.4 Å². The number of carbonyl (C=O) groups is 2. The fourth-order valence-electron chi connectivity index (χ4n) is 2.83. The highest BCUT2D eigenvalue weighted by atomic mass is 32.1. The Morgan fingerprint density at radius 2 is 1.97 bits per heavy atom. The summed E-state index contributed by atoms with van der Waals surface area (Å²) < 4.78 is 12.8. The topological polar surface area (TPSA) is 90.5 Å². The summed E-state index contributed by atoms with van der Waals surface area (Å²) >= 11 is 1.15. The number of anilines is 1. The molecule has 1 amide bonds. The molecule has 3 rings (SSSR count). The molecule has 0 fully saturated rings. The zero-order valence-electron chi connectivity index (χ0n) is 18.7. The smallest absolute Gasteiger partial charge is 0.269 e. The van der Waals surface area contributed by atoms with Gasteiger partial charge in [0.2, 0.25) is 5.91 Å². The number of furan rings is 1. The Labute approximate surface area is 189 Å². The van der Waals surface area contributed by atoms with Crippen LogP contribution in [0.2, 0.25) is 0 Å². The van der Waals surface area contributed by atoms with Crippen molar-refractivity contribution in [3.05, 3.63) is 67.5 Å². The fraction of sp³-hybridized carbons (Fsp3) is 0.292.